The first-order chi connectivity index (χ1) is 10.0. The van der Waals surface area contributed by atoms with Crippen LogP contribution in [0.15, 0.2) is 39.4 Å². The number of ether oxygens (including phenoxy) is 1. The number of halogens is 3. The second-order valence-electron chi connectivity index (χ2n) is 4.53. The quantitative estimate of drug-likeness (QED) is 0.789. The zero-order valence-electron chi connectivity index (χ0n) is 11.7. The summed E-state index contributed by atoms with van der Waals surface area (Å²) >= 11 is 6.90. The van der Waals surface area contributed by atoms with E-state index in [2.05, 4.69) is 42.2 Å². The Hall–Kier alpha value is -0.980. The van der Waals surface area contributed by atoms with Crippen molar-refractivity contribution in [1.29, 1.82) is 0 Å². The van der Waals surface area contributed by atoms with E-state index in [0.29, 0.717) is 6.42 Å². The topological polar surface area (TPSA) is 34.1 Å². The molecular formula is C15H15Br2FN2O. The van der Waals surface area contributed by atoms with Gasteiger partial charge in [-0.25, -0.2) is 4.39 Å². The lowest BCUT2D eigenvalue weighted by atomic mass is 10.0. The lowest BCUT2D eigenvalue weighted by Gasteiger charge is -2.17. The van der Waals surface area contributed by atoms with Crippen molar-refractivity contribution in [2.75, 3.05) is 14.2 Å². The standard InChI is InChI=1S/C15H15Br2FN2O/c1-19-13(15-11(17)7-10(16)8-20-15)6-9-3-4-14(21-2)12(18)5-9/h3-5,7-8,13,19H,6H2,1-2H3. The van der Waals surface area contributed by atoms with Crippen LogP contribution in [0.2, 0.25) is 0 Å². The largest absolute Gasteiger partial charge is 0.494 e. The smallest absolute Gasteiger partial charge is 0.165 e. The van der Waals surface area contributed by atoms with Crippen molar-refractivity contribution in [1.82, 2.24) is 10.3 Å². The lowest BCUT2D eigenvalue weighted by Crippen LogP contribution is -2.20. The number of nitrogens with zero attached hydrogens (tertiary/aromatic N) is 1. The fourth-order valence-corrected chi connectivity index (χ4v) is 3.35. The molecule has 6 heteroatoms. The second kappa shape index (κ2) is 7.33. The average molecular weight is 418 g/mol. The average Bonchev–Trinajstić information content (AvgIpc) is 2.45. The molecule has 1 aromatic carbocycles. The summed E-state index contributed by atoms with van der Waals surface area (Å²) in [6, 6.07) is 6.93. The molecule has 2 rings (SSSR count). The zero-order valence-corrected chi connectivity index (χ0v) is 14.8. The molecule has 1 unspecified atom stereocenters. The molecule has 1 N–H and O–H groups in total. The van der Waals surface area contributed by atoms with Gasteiger partial charge in [-0.05, 0) is 69.1 Å². The van der Waals surface area contributed by atoms with Crippen LogP contribution in [0.3, 0.4) is 0 Å². The molecule has 0 bridgehead atoms. The van der Waals surface area contributed by atoms with Crippen molar-refractivity contribution in [2.24, 2.45) is 0 Å². The number of aromatic nitrogens is 1. The number of pyridine rings is 1. The molecule has 0 radical (unpaired) electrons. The molecule has 0 aliphatic rings. The van der Waals surface area contributed by atoms with E-state index >= 15 is 0 Å². The van der Waals surface area contributed by atoms with Crippen LogP contribution in [0.25, 0.3) is 0 Å². The Morgan fingerprint density at radius 2 is 2.10 bits per heavy atom. The van der Waals surface area contributed by atoms with Gasteiger partial charge in [0.15, 0.2) is 11.6 Å². The fraction of sp³-hybridized carbons (Fsp3) is 0.267. The first-order valence-electron chi connectivity index (χ1n) is 6.35. The molecule has 0 saturated carbocycles. The Labute approximate surface area is 140 Å². The van der Waals surface area contributed by atoms with Crippen molar-refractivity contribution < 1.29 is 9.13 Å². The third-order valence-electron chi connectivity index (χ3n) is 3.17. The highest BCUT2D eigenvalue weighted by atomic mass is 79.9. The van der Waals surface area contributed by atoms with Crippen molar-refractivity contribution in [2.45, 2.75) is 12.5 Å². The van der Waals surface area contributed by atoms with Crippen LogP contribution >= 0.6 is 31.9 Å². The summed E-state index contributed by atoms with van der Waals surface area (Å²) in [5, 5.41) is 3.21. The van der Waals surface area contributed by atoms with E-state index in [1.165, 1.54) is 13.2 Å². The van der Waals surface area contributed by atoms with Crippen LogP contribution in [0, 0.1) is 5.82 Å². The van der Waals surface area contributed by atoms with E-state index in [9.17, 15) is 4.39 Å². The van der Waals surface area contributed by atoms with E-state index in [-0.39, 0.29) is 17.6 Å². The molecule has 2 aromatic rings. The van der Waals surface area contributed by atoms with E-state index in [1.807, 2.05) is 19.2 Å². The van der Waals surface area contributed by atoms with Gasteiger partial charge in [0.25, 0.3) is 0 Å². The molecule has 0 amide bonds. The number of benzene rings is 1. The van der Waals surface area contributed by atoms with Gasteiger partial charge in [-0.2, -0.15) is 0 Å². The molecule has 0 spiro atoms. The van der Waals surface area contributed by atoms with Crippen molar-refractivity contribution in [3.05, 3.63) is 56.5 Å². The molecule has 0 fully saturated rings. The van der Waals surface area contributed by atoms with Gasteiger partial charge in [0.1, 0.15) is 0 Å². The van der Waals surface area contributed by atoms with Crippen LogP contribution in [-0.4, -0.2) is 19.1 Å². The number of hydrogen-bond donors (Lipinski definition) is 1. The van der Waals surface area contributed by atoms with Crippen molar-refractivity contribution in [3.63, 3.8) is 0 Å². The van der Waals surface area contributed by atoms with Gasteiger partial charge in [-0.15, -0.1) is 0 Å². The van der Waals surface area contributed by atoms with Gasteiger partial charge in [0, 0.05) is 15.1 Å². The Morgan fingerprint density at radius 1 is 1.33 bits per heavy atom. The van der Waals surface area contributed by atoms with Crippen LogP contribution in [-0.2, 0) is 6.42 Å². The minimum atomic E-state index is -0.354. The second-order valence-corrected chi connectivity index (χ2v) is 6.30. The van der Waals surface area contributed by atoms with Gasteiger partial charge < -0.3 is 10.1 Å². The third kappa shape index (κ3) is 4.02. The van der Waals surface area contributed by atoms with Gasteiger partial charge in [0.2, 0.25) is 0 Å². The first-order valence-corrected chi connectivity index (χ1v) is 7.94. The normalized spacial score (nSPS) is 12.2. The summed E-state index contributed by atoms with van der Waals surface area (Å²) in [5.41, 5.74) is 1.76. The van der Waals surface area contributed by atoms with Gasteiger partial charge in [-0.3, -0.25) is 4.98 Å². The minimum Gasteiger partial charge on any atom is -0.494 e. The van der Waals surface area contributed by atoms with E-state index in [1.54, 1.807) is 12.3 Å². The number of likely N-dealkylation sites (N-methyl/N-ethyl adjacent to an activating group) is 1. The molecule has 1 atom stereocenters. The molecular weight excluding hydrogens is 403 g/mol. The van der Waals surface area contributed by atoms with Gasteiger partial charge in [0.05, 0.1) is 18.8 Å². The number of hydrogen-bond acceptors (Lipinski definition) is 3. The van der Waals surface area contributed by atoms with Crippen LogP contribution < -0.4 is 10.1 Å². The Bertz CT molecular complexity index is 637. The monoisotopic (exact) mass is 416 g/mol. The molecule has 21 heavy (non-hydrogen) atoms. The maximum atomic E-state index is 13.8. The van der Waals surface area contributed by atoms with E-state index in [0.717, 1.165) is 20.2 Å². The van der Waals surface area contributed by atoms with Crippen LogP contribution in [0.5, 0.6) is 5.75 Å². The van der Waals surface area contributed by atoms with Crippen molar-refractivity contribution >= 4 is 31.9 Å². The maximum Gasteiger partial charge on any atom is 0.165 e. The highest BCUT2D eigenvalue weighted by Crippen LogP contribution is 2.27. The Balaban J connectivity index is 2.24. The summed E-state index contributed by atoms with van der Waals surface area (Å²) in [7, 11) is 3.32. The fourth-order valence-electron chi connectivity index (χ4n) is 2.09. The number of rotatable bonds is 5. The summed E-state index contributed by atoms with van der Waals surface area (Å²) in [6.07, 6.45) is 2.38. The third-order valence-corrected chi connectivity index (χ3v) is 4.24. The van der Waals surface area contributed by atoms with Gasteiger partial charge >= 0.3 is 0 Å². The van der Waals surface area contributed by atoms with E-state index in [4.69, 9.17) is 4.74 Å². The Kier molecular flexibility index (Phi) is 5.72. The molecule has 3 nitrogen and oxygen atoms in total. The zero-order chi connectivity index (χ0) is 15.4. The molecule has 0 aliphatic carbocycles. The van der Waals surface area contributed by atoms with Crippen LogP contribution in [0.1, 0.15) is 17.3 Å². The highest BCUT2D eigenvalue weighted by molar-refractivity contribution is 9.11. The molecule has 1 aromatic heterocycles. The maximum absolute atomic E-state index is 13.8. The number of nitrogens with one attached hydrogen (secondary N) is 1. The summed E-state index contributed by atoms with van der Waals surface area (Å²) < 4.78 is 20.5. The first kappa shape index (κ1) is 16.4. The minimum absolute atomic E-state index is 0.0136. The summed E-state index contributed by atoms with van der Waals surface area (Å²) in [5.74, 6) is -0.101. The summed E-state index contributed by atoms with van der Waals surface area (Å²) in [4.78, 5) is 4.43. The van der Waals surface area contributed by atoms with E-state index < -0.39 is 0 Å². The molecule has 1 heterocycles. The molecule has 0 aliphatic heterocycles. The lowest BCUT2D eigenvalue weighted by molar-refractivity contribution is 0.386. The molecule has 112 valence electrons. The number of methoxy groups -OCH3 is 1. The molecule has 0 saturated heterocycles. The van der Waals surface area contributed by atoms with Crippen molar-refractivity contribution in [3.8, 4) is 5.75 Å². The predicted octanol–water partition coefficient (Wildman–Crippen LogP) is 4.26. The summed E-state index contributed by atoms with van der Waals surface area (Å²) in [6.45, 7) is 0. The highest BCUT2D eigenvalue weighted by Gasteiger charge is 2.16. The van der Waals surface area contributed by atoms with Crippen LogP contribution in [0.4, 0.5) is 4.39 Å². The SMILES string of the molecule is CNC(Cc1ccc(OC)c(F)c1)c1ncc(Br)cc1Br. The predicted molar refractivity (Wildman–Crippen MR) is 88.1 cm³/mol. The Morgan fingerprint density at radius 3 is 2.67 bits per heavy atom. The van der Waals surface area contributed by atoms with Gasteiger partial charge in [-0.1, -0.05) is 6.07 Å².